The number of nitrogens with zero attached hydrogens (tertiary/aromatic N) is 4. The Morgan fingerprint density at radius 3 is 2.36 bits per heavy atom. The van der Waals surface area contributed by atoms with Crippen LogP contribution in [-0.2, 0) is 27.2 Å². The highest BCUT2D eigenvalue weighted by molar-refractivity contribution is 6.08. The van der Waals surface area contributed by atoms with Crippen molar-refractivity contribution in [2.75, 3.05) is 11.9 Å². The number of aromatic nitrogens is 4. The van der Waals surface area contributed by atoms with Crippen LogP contribution in [0.25, 0.3) is 0 Å². The maximum atomic E-state index is 13.0. The van der Waals surface area contributed by atoms with E-state index in [1.807, 2.05) is 43.5 Å². The van der Waals surface area contributed by atoms with Crippen molar-refractivity contribution >= 4 is 17.5 Å². The number of anilines is 1. The number of benzene rings is 2. The Hall–Kier alpha value is -4.60. The Balaban J connectivity index is 1.38. The molecule has 0 atom stereocenters. The van der Waals surface area contributed by atoms with Gasteiger partial charge in [-0.25, -0.2) is 0 Å². The Kier molecular flexibility index (Phi) is 7.64. The van der Waals surface area contributed by atoms with Gasteiger partial charge in [-0.1, -0.05) is 12.1 Å². The van der Waals surface area contributed by atoms with E-state index >= 15 is 0 Å². The van der Waals surface area contributed by atoms with Crippen molar-refractivity contribution in [3.63, 3.8) is 0 Å². The number of aryl methyl sites for hydroxylation is 2. The second-order valence-electron chi connectivity index (χ2n) is 8.08. The molecule has 0 unspecified atom stereocenters. The quantitative estimate of drug-likeness (QED) is 0.354. The fourth-order valence-corrected chi connectivity index (χ4v) is 3.59. The number of nitrogens with one attached hydrogen (secondary N) is 2. The number of amides is 2. The molecule has 0 saturated carbocycles. The Labute approximate surface area is 208 Å². The van der Waals surface area contributed by atoms with E-state index in [0.29, 0.717) is 36.8 Å². The molecule has 0 aliphatic carbocycles. The molecule has 2 aromatic carbocycles. The standard InChI is InChI=1S/C26H28N6O4/c1-4-35-21-8-10-22(11-9-21)36-17-18-6-5-7-20(12-18)25(33)30-23-15-29-32(3)24(23)26(34)27-13-19-14-28-31(2)16-19/h5-12,14-16H,4,13,17H2,1-3H3,(H,27,34)(H,30,33). The number of rotatable bonds is 10. The van der Waals surface area contributed by atoms with E-state index in [1.54, 1.807) is 43.2 Å². The van der Waals surface area contributed by atoms with E-state index in [2.05, 4.69) is 20.8 Å². The molecule has 10 nitrogen and oxygen atoms in total. The smallest absolute Gasteiger partial charge is 0.271 e. The Morgan fingerprint density at radius 1 is 0.917 bits per heavy atom. The highest BCUT2D eigenvalue weighted by atomic mass is 16.5. The maximum absolute atomic E-state index is 13.0. The maximum Gasteiger partial charge on any atom is 0.271 e. The first-order valence-corrected chi connectivity index (χ1v) is 11.5. The zero-order chi connectivity index (χ0) is 25.5. The molecule has 36 heavy (non-hydrogen) atoms. The van der Waals surface area contributed by atoms with Gasteiger partial charge in [0.1, 0.15) is 23.8 Å². The molecule has 4 rings (SSSR count). The van der Waals surface area contributed by atoms with Gasteiger partial charge in [-0.15, -0.1) is 0 Å². The number of hydrogen-bond acceptors (Lipinski definition) is 6. The molecule has 0 aliphatic rings. The lowest BCUT2D eigenvalue weighted by Gasteiger charge is -2.10. The number of ether oxygens (including phenoxy) is 2. The minimum absolute atomic E-state index is 0.252. The molecule has 0 aliphatic heterocycles. The van der Waals surface area contributed by atoms with Gasteiger partial charge in [0.15, 0.2) is 0 Å². The van der Waals surface area contributed by atoms with E-state index in [1.165, 1.54) is 10.9 Å². The molecule has 10 heteroatoms. The number of hydrogen-bond donors (Lipinski definition) is 2. The number of carbonyl (C=O) groups is 2. The predicted molar refractivity (Wildman–Crippen MR) is 134 cm³/mol. The summed E-state index contributed by atoms with van der Waals surface area (Å²) in [6.07, 6.45) is 4.95. The summed E-state index contributed by atoms with van der Waals surface area (Å²) in [6.45, 7) is 3.14. The average molecular weight is 489 g/mol. The molecule has 0 radical (unpaired) electrons. The van der Waals surface area contributed by atoms with Crippen LogP contribution in [0.2, 0.25) is 0 Å². The van der Waals surface area contributed by atoms with E-state index in [4.69, 9.17) is 9.47 Å². The van der Waals surface area contributed by atoms with Gasteiger partial charge in [0.25, 0.3) is 11.8 Å². The van der Waals surface area contributed by atoms with Gasteiger partial charge in [-0.3, -0.25) is 19.0 Å². The SMILES string of the molecule is CCOc1ccc(OCc2cccc(C(=O)Nc3cnn(C)c3C(=O)NCc3cnn(C)c3)c2)cc1. The van der Waals surface area contributed by atoms with Gasteiger partial charge in [0, 0.05) is 38.0 Å². The lowest BCUT2D eigenvalue weighted by atomic mass is 10.1. The summed E-state index contributed by atoms with van der Waals surface area (Å²) < 4.78 is 14.4. The van der Waals surface area contributed by atoms with Gasteiger partial charge < -0.3 is 20.1 Å². The fourth-order valence-electron chi connectivity index (χ4n) is 3.59. The van der Waals surface area contributed by atoms with Gasteiger partial charge >= 0.3 is 0 Å². The monoisotopic (exact) mass is 488 g/mol. The van der Waals surface area contributed by atoms with Crippen molar-refractivity contribution in [3.05, 3.63) is 89.5 Å². The molecule has 2 amide bonds. The predicted octanol–water partition coefficient (Wildman–Crippen LogP) is 3.31. The van der Waals surface area contributed by atoms with Crippen molar-refractivity contribution in [1.82, 2.24) is 24.9 Å². The van der Waals surface area contributed by atoms with Gasteiger partial charge in [0.05, 0.1) is 24.7 Å². The molecule has 186 valence electrons. The third-order valence-electron chi connectivity index (χ3n) is 5.34. The molecule has 4 aromatic rings. The van der Waals surface area contributed by atoms with Crippen LogP contribution in [0.3, 0.4) is 0 Å². The van der Waals surface area contributed by atoms with Crippen molar-refractivity contribution in [1.29, 1.82) is 0 Å². The summed E-state index contributed by atoms with van der Waals surface area (Å²) in [7, 11) is 3.45. The first-order chi connectivity index (χ1) is 17.4. The molecule has 2 heterocycles. The Morgan fingerprint density at radius 2 is 1.67 bits per heavy atom. The summed E-state index contributed by atoms with van der Waals surface area (Å²) >= 11 is 0. The zero-order valence-corrected chi connectivity index (χ0v) is 20.4. The molecule has 2 N–H and O–H groups in total. The van der Waals surface area contributed by atoms with Crippen LogP contribution >= 0.6 is 0 Å². The fraction of sp³-hybridized carbons (Fsp3) is 0.231. The third-order valence-corrected chi connectivity index (χ3v) is 5.34. The topological polar surface area (TPSA) is 112 Å². The van der Waals surface area contributed by atoms with Crippen LogP contribution in [-0.4, -0.2) is 38.0 Å². The second kappa shape index (κ2) is 11.2. The highest BCUT2D eigenvalue weighted by Gasteiger charge is 2.19. The molecule has 0 spiro atoms. The van der Waals surface area contributed by atoms with Gasteiger partial charge in [0.2, 0.25) is 0 Å². The molecular formula is C26H28N6O4. The van der Waals surface area contributed by atoms with Crippen LogP contribution < -0.4 is 20.1 Å². The van der Waals surface area contributed by atoms with Gasteiger partial charge in [-0.05, 0) is 48.9 Å². The van der Waals surface area contributed by atoms with Crippen LogP contribution in [0, 0.1) is 0 Å². The average Bonchev–Trinajstić information content (AvgIpc) is 3.47. The van der Waals surface area contributed by atoms with Crippen LogP contribution in [0.1, 0.15) is 38.9 Å². The van der Waals surface area contributed by atoms with Crippen LogP contribution in [0.5, 0.6) is 11.5 Å². The van der Waals surface area contributed by atoms with E-state index in [9.17, 15) is 9.59 Å². The molecule has 0 bridgehead atoms. The minimum atomic E-state index is -0.355. The lowest BCUT2D eigenvalue weighted by Crippen LogP contribution is -2.26. The van der Waals surface area contributed by atoms with E-state index in [0.717, 1.165) is 16.9 Å². The van der Waals surface area contributed by atoms with Crippen LogP contribution in [0.4, 0.5) is 5.69 Å². The van der Waals surface area contributed by atoms with Crippen molar-refractivity contribution in [3.8, 4) is 11.5 Å². The summed E-state index contributed by atoms with van der Waals surface area (Å²) in [5, 5.41) is 13.9. The summed E-state index contributed by atoms with van der Waals surface area (Å²) in [5.41, 5.74) is 2.71. The van der Waals surface area contributed by atoms with Crippen molar-refractivity contribution in [2.45, 2.75) is 20.1 Å². The summed E-state index contributed by atoms with van der Waals surface area (Å²) in [4.78, 5) is 25.8. The molecular weight excluding hydrogens is 460 g/mol. The minimum Gasteiger partial charge on any atom is -0.494 e. The number of carbonyl (C=O) groups excluding carboxylic acids is 2. The second-order valence-corrected chi connectivity index (χ2v) is 8.08. The first kappa shape index (κ1) is 24.5. The first-order valence-electron chi connectivity index (χ1n) is 11.5. The molecule has 0 fully saturated rings. The van der Waals surface area contributed by atoms with Crippen LogP contribution in [0.15, 0.2) is 67.1 Å². The summed E-state index contributed by atoms with van der Waals surface area (Å²) in [5.74, 6) is 0.772. The lowest BCUT2D eigenvalue weighted by molar-refractivity contribution is 0.0942. The third kappa shape index (κ3) is 6.09. The highest BCUT2D eigenvalue weighted by Crippen LogP contribution is 2.20. The van der Waals surface area contributed by atoms with E-state index < -0.39 is 0 Å². The largest absolute Gasteiger partial charge is 0.494 e. The van der Waals surface area contributed by atoms with Crippen molar-refractivity contribution in [2.24, 2.45) is 14.1 Å². The Bertz CT molecular complexity index is 1340. The van der Waals surface area contributed by atoms with E-state index in [-0.39, 0.29) is 17.5 Å². The molecule has 0 saturated heterocycles. The zero-order valence-electron chi connectivity index (χ0n) is 20.4. The molecule has 2 aromatic heterocycles. The normalized spacial score (nSPS) is 10.6. The van der Waals surface area contributed by atoms with Gasteiger partial charge in [-0.2, -0.15) is 10.2 Å². The summed E-state index contributed by atoms with van der Waals surface area (Å²) in [6, 6.07) is 14.5. The van der Waals surface area contributed by atoms with Crippen molar-refractivity contribution < 1.29 is 19.1 Å².